The topological polar surface area (TPSA) is 52.0 Å². The van der Waals surface area contributed by atoms with E-state index in [9.17, 15) is 13.2 Å². The molecule has 1 unspecified atom stereocenters. The first-order valence-electron chi connectivity index (χ1n) is 4.85. The third-order valence-corrected chi connectivity index (χ3v) is 2.17. The van der Waals surface area contributed by atoms with Crippen LogP contribution in [-0.4, -0.2) is 4.98 Å². The molecule has 1 heterocycles. The summed E-state index contributed by atoms with van der Waals surface area (Å²) in [4.78, 5) is 3.78. The fourth-order valence-electron chi connectivity index (χ4n) is 1.39. The standard InChI is InChI=1S/C11H9F3N2O/c1-5(15)11-16-4-9(17-11)10-7(13)2-6(12)3-8(10)14/h2-5H,15H2,1H3. The lowest BCUT2D eigenvalue weighted by molar-refractivity contribution is 0.465. The molecule has 0 spiro atoms. The average Bonchev–Trinajstić information content (AvgIpc) is 2.65. The van der Waals surface area contributed by atoms with E-state index in [0.717, 1.165) is 6.20 Å². The third-order valence-electron chi connectivity index (χ3n) is 2.17. The van der Waals surface area contributed by atoms with Crippen LogP contribution in [0.15, 0.2) is 22.7 Å². The zero-order valence-corrected chi connectivity index (χ0v) is 8.88. The summed E-state index contributed by atoms with van der Waals surface area (Å²) < 4.78 is 44.6. The fourth-order valence-corrected chi connectivity index (χ4v) is 1.39. The number of nitrogens with zero attached hydrogens (tertiary/aromatic N) is 1. The zero-order chi connectivity index (χ0) is 12.6. The Morgan fingerprint density at radius 2 is 1.82 bits per heavy atom. The maximum absolute atomic E-state index is 13.4. The normalized spacial score (nSPS) is 12.8. The van der Waals surface area contributed by atoms with E-state index in [1.807, 2.05) is 0 Å². The van der Waals surface area contributed by atoms with Gasteiger partial charge in [-0.15, -0.1) is 0 Å². The van der Waals surface area contributed by atoms with Gasteiger partial charge in [0.2, 0.25) is 5.89 Å². The number of hydrogen-bond donors (Lipinski definition) is 1. The van der Waals surface area contributed by atoms with Gasteiger partial charge in [-0.25, -0.2) is 18.2 Å². The van der Waals surface area contributed by atoms with Crippen molar-refractivity contribution in [1.82, 2.24) is 4.98 Å². The predicted molar refractivity (Wildman–Crippen MR) is 54.4 cm³/mol. The fraction of sp³-hybridized carbons (Fsp3) is 0.182. The molecule has 2 aromatic rings. The van der Waals surface area contributed by atoms with Gasteiger partial charge < -0.3 is 10.2 Å². The van der Waals surface area contributed by atoms with E-state index in [4.69, 9.17) is 10.2 Å². The van der Waals surface area contributed by atoms with Crippen LogP contribution in [0.4, 0.5) is 13.2 Å². The molecule has 1 aromatic carbocycles. The molecule has 0 bridgehead atoms. The predicted octanol–water partition coefficient (Wildman–Crippen LogP) is 2.78. The molecule has 6 heteroatoms. The number of aromatic nitrogens is 1. The lowest BCUT2D eigenvalue weighted by Crippen LogP contribution is -2.04. The van der Waals surface area contributed by atoms with E-state index in [1.165, 1.54) is 0 Å². The van der Waals surface area contributed by atoms with Crippen molar-refractivity contribution in [1.29, 1.82) is 0 Å². The Balaban J connectivity index is 2.52. The molecule has 1 aromatic heterocycles. The second-order valence-electron chi connectivity index (χ2n) is 3.60. The molecule has 0 saturated heterocycles. The van der Waals surface area contributed by atoms with E-state index in [-0.39, 0.29) is 11.7 Å². The summed E-state index contributed by atoms with van der Waals surface area (Å²) in [6.45, 7) is 1.62. The summed E-state index contributed by atoms with van der Waals surface area (Å²) in [5.74, 6) is -3.05. The van der Waals surface area contributed by atoms with Crippen LogP contribution in [-0.2, 0) is 0 Å². The van der Waals surface area contributed by atoms with E-state index >= 15 is 0 Å². The van der Waals surface area contributed by atoms with Crippen molar-refractivity contribution in [2.45, 2.75) is 13.0 Å². The van der Waals surface area contributed by atoms with Gasteiger partial charge >= 0.3 is 0 Å². The molecule has 0 amide bonds. The molecule has 17 heavy (non-hydrogen) atoms. The van der Waals surface area contributed by atoms with Crippen LogP contribution in [0, 0.1) is 17.5 Å². The molecule has 3 nitrogen and oxygen atoms in total. The van der Waals surface area contributed by atoms with Crippen molar-refractivity contribution in [3.8, 4) is 11.3 Å². The Bertz CT molecular complexity index is 528. The van der Waals surface area contributed by atoms with Crippen LogP contribution in [0.2, 0.25) is 0 Å². The molecule has 0 aliphatic rings. The number of benzene rings is 1. The Hall–Kier alpha value is -1.82. The molecule has 2 N–H and O–H groups in total. The van der Waals surface area contributed by atoms with Crippen molar-refractivity contribution in [2.75, 3.05) is 0 Å². The van der Waals surface area contributed by atoms with Crippen molar-refractivity contribution in [3.63, 3.8) is 0 Å². The van der Waals surface area contributed by atoms with Crippen LogP contribution >= 0.6 is 0 Å². The van der Waals surface area contributed by atoms with Gasteiger partial charge in [-0.1, -0.05) is 0 Å². The minimum absolute atomic E-state index is 0.118. The summed E-state index contributed by atoms with van der Waals surface area (Å²) in [6, 6.07) is 0.661. The summed E-state index contributed by atoms with van der Waals surface area (Å²) in [6.07, 6.45) is 1.15. The SMILES string of the molecule is CC(N)c1ncc(-c2c(F)cc(F)cc2F)o1. The van der Waals surface area contributed by atoms with Gasteiger partial charge in [-0.3, -0.25) is 0 Å². The highest BCUT2D eigenvalue weighted by molar-refractivity contribution is 5.58. The van der Waals surface area contributed by atoms with Crippen molar-refractivity contribution >= 4 is 0 Å². The largest absolute Gasteiger partial charge is 0.439 e. The summed E-state index contributed by atoms with van der Waals surface area (Å²) in [5.41, 5.74) is 5.05. The summed E-state index contributed by atoms with van der Waals surface area (Å²) in [5, 5.41) is 0. The third kappa shape index (κ3) is 2.16. The van der Waals surface area contributed by atoms with Gasteiger partial charge in [-0.2, -0.15) is 0 Å². The van der Waals surface area contributed by atoms with Crippen molar-refractivity contribution < 1.29 is 17.6 Å². The second kappa shape index (κ2) is 4.21. The van der Waals surface area contributed by atoms with Gasteiger partial charge in [0.25, 0.3) is 0 Å². The molecule has 0 saturated carbocycles. The number of nitrogens with two attached hydrogens (primary N) is 1. The first-order valence-corrected chi connectivity index (χ1v) is 4.85. The van der Waals surface area contributed by atoms with Gasteiger partial charge in [0.05, 0.1) is 17.8 Å². The highest BCUT2D eigenvalue weighted by atomic mass is 19.1. The Labute approximate surface area is 95.1 Å². The molecule has 0 fully saturated rings. The number of halogens is 3. The first-order chi connectivity index (χ1) is 7.99. The second-order valence-corrected chi connectivity index (χ2v) is 3.60. The molecule has 1 atom stereocenters. The van der Waals surface area contributed by atoms with E-state index in [0.29, 0.717) is 12.1 Å². The molecule has 2 rings (SSSR count). The van der Waals surface area contributed by atoms with Crippen LogP contribution in [0.1, 0.15) is 18.9 Å². The molecular formula is C11H9F3N2O. The molecule has 90 valence electrons. The minimum atomic E-state index is -1.05. The van der Waals surface area contributed by atoms with Gasteiger partial charge in [-0.05, 0) is 6.92 Å². The van der Waals surface area contributed by atoms with E-state index < -0.39 is 29.1 Å². The lowest BCUT2D eigenvalue weighted by Gasteiger charge is -2.02. The number of oxazole rings is 1. The lowest BCUT2D eigenvalue weighted by atomic mass is 10.1. The van der Waals surface area contributed by atoms with E-state index in [2.05, 4.69) is 4.98 Å². The maximum atomic E-state index is 13.4. The number of rotatable bonds is 2. The van der Waals surface area contributed by atoms with Crippen LogP contribution < -0.4 is 5.73 Å². The highest BCUT2D eigenvalue weighted by Crippen LogP contribution is 2.28. The Morgan fingerprint density at radius 1 is 1.24 bits per heavy atom. The maximum Gasteiger partial charge on any atom is 0.211 e. The summed E-state index contributed by atoms with van der Waals surface area (Å²) in [7, 11) is 0. The molecule has 0 aliphatic carbocycles. The smallest absolute Gasteiger partial charge is 0.211 e. The molecule has 0 radical (unpaired) electrons. The Kier molecular flexibility index (Phi) is 2.89. The first kappa shape index (κ1) is 11.7. The van der Waals surface area contributed by atoms with Crippen LogP contribution in [0.25, 0.3) is 11.3 Å². The van der Waals surface area contributed by atoms with Crippen LogP contribution in [0.5, 0.6) is 0 Å². The van der Waals surface area contributed by atoms with Crippen molar-refractivity contribution in [2.24, 2.45) is 5.73 Å². The zero-order valence-electron chi connectivity index (χ0n) is 8.88. The Morgan fingerprint density at radius 3 is 2.29 bits per heavy atom. The number of hydrogen-bond acceptors (Lipinski definition) is 3. The van der Waals surface area contributed by atoms with E-state index in [1.54, 1.807) is 6.92 Å². The van der Waals surface area contributed by atoms with Crippen LogP contribution in [0.3, 0.4) is 0 Å². The average molecular weight is 242 g/mol. The monoisotopic (exact) mass is 242 g/mol. The van der Waals surface area contributed by atoms with Gasteiger partial charge in [0, 0.05) is 12.1 Å². The van der Waals surface area contributed by atoms with Gasteiger partial charge in [0.15, 0.2) is 5.76 Å². The molecule has 0 aliphatic heterocycles. The minimum Gasteiger partial charge on any atom is -0.439 e. The summed E-state index contributed by atoms with van der Waals surface area (Å²) >= 11 is 0. The van der Waals surface area contributed by atoms with Crippen molar-refractivity contribution in [3.05, 3.63) is 41.7 Å². The molecular weight excluding hydrogens is 233 g/mol. The quantitative estimate of drug-likeness (QED) is 0.880. The highest BCUT2D eigenvalue weighted by Gasteiger charge is 2.18. The van der Waals surface area contributed by atoms with Gasteiger partial charge in [0.1, 0.15) is 17.5 Å².